The molecule has 0 aromatic heterocycles. The summed E-state index contributed by atoms with van der Waals surface area (Å²) in [5.74, 6) is -1.12. The Kier molecular flexibility index (Phi) is 6.79. The molecule has 5 atom stereocenters. The van der Waals surface area contributed by atoms with Crippen molar-refractivity contribution in [2.24, 2.45) is 17.3 Å². The third kappa shape index (κ3) is 3.96. The number of rotatable bonds is 9. The Labute approximate surface area is 148 Å². The molecule has 0 aromatic carbocycles. The maximum Gasteiger partial charge on any atom is 0.327 e. The summed E-state index contributed by atoms with van der Waals surface area (Å²) in [5, 5.41) is 9.55. The molecule has 7 nitrogen and oxygen atoms in total. The van der Waals surface area contributed by atoms with Crippen LogP contribution in [-0.4, -0.2) is 51.1 Å². The zero-order chi connectivity index (χ0) is 18.4. The monoisotopic (exact) mass is 353 g/mol. The SMILES string of the molecule is CCC1C2OC(=O)C1(C#N)CC(C)C2OC(=O)CCCOCCOC. The number of nitriles is 1. The molecular formula is C18H27NO6. The van der Waals surface area contributed by atoms with Gasteiger partial charge in [-0.25, -0.2) is 0 Å². The highest BCUT2D eigenvalue weighted by Crippen LogP contribution is 2.53. The number of carbonyl (C=O) groups is 2. The van der Waals surface area contributed by atoms with Crippen LogP contribution in [0.3, 0.4) is 0 Å². The highest BCUT2D eigenvalue weighted by molar-refractivity contribution is 5.83. The molecule has 2 fully saturated rings. The predicted octanol–water partition coefficient (Wildman–Crippen LogP) is 1.84. The summed E-state index contributed by atoms with van der Waals surface area (Å²) in [6.07, 6.45) is 0.806. The highest BCUT2D eigenvalue weighted by Gasteiger charge is 2.65. The Bertz CT molecular complexity index is 530. The summed E-state index contributed by atoms with van der Waals surface area (Å²) in [5.41, 5.74) is -1.09. The third-order valence-corrected chi connectivity index (χ3v) is 5.17. The van der Waals surface area contributed by atoms with E-state index < -0.39 is 23.6 Å². The van der Waals surface area contributed by atoms with Crippen LogP contribution in [0.15, 0.2) is 0 Å². The van der Waals surface area contributed by atoms with Crippen molar-refractivity contribution in [3.63, 3.8) is 0 Å². The minimum Gasteiger partial charge on any atom is -0.458 e. The van der Waals surface area contributed by atoms with E-state index in [4.69, 9.17) is 18.9 Å². The van der Waals surface area contributed by atoms with Crippen LogP contribution < -0.4 is 0 Å². The van der Waals surface area contributed by atoms with Gasteiger partial charge in [-0.05, 0) is 25.2 Å². The van der Waals surface area contributed by atoms with Crippen LogP contribution in [0.5, 0.6) is 0 Å². The van der Waals surface area contributed by atoms with E-state index in [1.54, 1.807) is 7.11 Å². The molecule has 1 heterocycles. The fourth-order valence-electron chi connectivity index (χ4n) is 3.93. The molecule has 2 rings (SSSR count). The van der Waals surface area contributed by atoms with Gasteiger partial charge in [0.05, 0.1) is 19.3 Å². The first-order valence-corrected chi connectivity index (χ1v) is 8.88. The molecule has 25 heavy (non-hydrogen) atoms. The van der Waals surface area contributed by atoms with Gasteiger partial charge in [0.25, 0.3) is 0 Å². The van der Waals surface area contributed by atoms with Crippen molar-refractivity contribution in [2.45, 2.75) is 51.7 Å². The second-order valence-electron chi connectivity index (χ2n) is 6.81. The third-order valence-electron chi connectivity index (χ3n) is 5.17. The molecule has 140 valence electrons. The summed E-state index contributed by atoms with van der Waals surface area (Å²) < 4.78 is 21.3. The Morgan fingerprint density at radius 3 is 2.80 bits per heavy atom. The van der Waals surface area contributed by atoms with Crippen molar-refractivity contribution >= 4 is 11.9 Å². The van der Waals surface area contributed by atoms with Crippen molar-refractivity contribution in [3.8, 4) is 6.07 Å². The molecule has 2 bridgehead atoms. The van der Waals surface area contributed by atoms with Gasteiger partial charge in [-0.15, -0.1) is 0 Å². The maximum atomic E-state index is 12.2. The molecule has 5 unspecified atom stereocenters. The molecule has 1 aliphatic carbocycles. The summed E-state index contributed by atoms with van der Waals surface area (Å²) in [6.45, 7) is 5.32. The largest absolute Gasteiger partial charge is 0.458 e. The average molecular weight is 353 g/mol. The van der Waals surface area contributed by atoms with Gasteiger partial charge in [-0.1, -0.05) is 13.8 Å². The highest BCUT2D eigenvalue weighted by atomic mass is 16.6. The van der Waals surface area contributed by atoms with E-state index >= 15 is 0 Å². The van der Waals surface area contributed by atoms with Crippen molar-refractivity contribution in [2.75, 3.05) is 26.9 Å². The Balaban J connectivity index is 1.89. The number of hydrogen-bond donors (Lipinski definition) is 0. The van der Waals surface area contributed by atoms with E-state index in [-0.39, 0.29) is 24.2 Å². The van der Waals surface area contributed by atoms with Gasteiger partial charge in [0.15, 0.2) is 5.41 Å². The Hall–Kier alpha value is -1.65. The lowest BCUT2D eigenvalue weighted by Gasteiger charge is -2.39. The van der Waals surface area contributed by atoms with Crippen LogP contribution in [0.25, 0.3) is 0 Å². The van der Waals surface area contributed by atoms with Crippen LogP contribution in [-0.2, 0) is 28.5 Å². The van der Waals surface area contributed by atoms with E-state index in [0.717, 1.165) is 0 Å². The van der Waals surface area contributed by atoms with Crippen molar-refractivity contribution in [1.29, 1.82) is 5.26 Å². The smallest absolute Gasteiger partial charge is 0.327 e. The van der Waals surface area contributed by atoms with E-state index in [0.29, 0.717) is 39.1 Å². The van der Waals surface area contributed by atoms with Crippen LogP contribution in [0, 0.1) is 28.6 Å². The zero-order valence-corrected chi connectivity index (χ0v) is 15.2. The van der Waals surface area contributed by atoms with Gasteiger partial charge < -0.3 is 18.9 Å². The second kappa shape index (κ2) is 8.63. The summed E-state index contributed by atoms with van der Waals surface area (Å²) in [4.78, 5) is 24.4. The number of ether oxygens (including phenoxy) is 4. The lowest BCUT2D eigenvalue weighted by molar-refractivity contribution is -0.167. The normalized spacial score (nSPS) is 33.6. The van der Waals surface area contributed by atoms with Gasteiger partial charge in [-0.3, -0.25) is 9.59 Å². The van der Waals surface area contributed by atoms with Crippen molar-refractivity contribution in [1.82, 2.24) is 0 Å². The molecule has 0 radical (unpaired) electrons. The lowest BCUT2D eigenvalue weighted by Crippen LogP contribution is -2.49. The molecule has 0 amide bonds. The minimum atomic E-state index is -1.09. The molecule has 0 aromatic rings. The standard InChI is InChI=1S/C18H27NO6/c1-4-13-16-15(12(2)10-18(13,11-19)17(21)25-16)24-14(20)6-5-7-23-9-8-22-3/h12-13,15-16H,4-10H2,1-3H3. The number of fused-ring (bicyclic) bond motifs is 2. The fraction of sp³-hybridized carbons (Fsp3) is 0.833. The van der Waals surface area contributed by atoms with Gasteiger partial charge in [0, 0.05) is 26.1 Å². The number of esters is 2. The lowest BCUT2D eigenvalue weighted by atomic mass is 9.63. The van der Waals surface area contributed by atoms with E-state index in [9.17, 15) is 14.9 Å². The molecule has 7 heteroatoms. The summed E-state index contributed by atoms with van der Waals surface area (Å²) in [6, 6.07) is 2.18. The predicted molar refractivity (Wildman–Crippen MR) is 87.3 cm³/mol. The van der Waals surface area contributed by atoms with E-state index in [1.165, 1.54) is 0 Å². The summed E-state index contributed by atoms with van der Waals surface area (Å²) >= 11 is 0. The zero-order valence-electron chi connectivity index (χ0n) is 15.2. The van der Waals surface area contributed by atoms with Gasteiger partial charge in [0.1, 0.15) is 12.2 Å². The number of carbonyl (C=O) groups excluding carboxylic acids is 2. The van der Waals surface area contributed by atoms with Crippen LogP contribution >= 0.6 is 0 Å². The second-order valence-corrected chi connectivity index (χ2v) is 6.81. The van der Waals surface area contributed by atoms with E-state index in [2.05, 4.69) is 6.07 Å². The molecular weight excluding hydrogens is 326 g/mol. The summed E-state index contributed by atoms with van der Waals surface area (Å²) in [7, 11) is 1.60. The quantitative estimate of drug-likeness (QED) is 0.461. The average Bonchev–Trinajstić information content (AvgIpc) is 2.81. The first kappa shape index (κ1) is 19.7. The molecule has 0 N–H and O–H groups in total. The topological polar surface area (TPSA) is 94.9 Å². The van der Waals surface area contributed by atoms with Crippen molar-refractivity contribution in [3.05, 3.63) is 0 Å². The number of methoxy groups -OCH3 is 1. The van der Waals surface area contributed by atoms with Gasteiger partial charge in [-0.2, -0.15) is 5.26 Å². The van der Waals surface area contributed by atoms with Crippen LogP contribution in [0.1, 0.15) is 39.5 Å². The Morgan fingerprint density at radius 1 is 1.40 bits per heavy atom. The minimum absolute atomic E-state index is 0.0965. The molecule has 1 aliphatic heterocycles. The number of nitrogens with zero attached hydrogens (tertiary/aromatic N) is 1. The van der Waals surface area contributed by atoms with Gasteiger partial charge >= 0.3 is 11.9 Å². The molecule has 1 saturated heterocycles. The first-order chi connectivity index (χ1) is 12.0. The Morgan fingerprint density at radius 2 is 2.16 bits per heavy atom. The first-order valence-electron chi connectivity index (χ1n) is 8.88. The van der Waals surface area contributed by atoms with E-state index in [1.807, 2.05) is 13.8 Å². The van der Waals surface area contributed by atoms with Crippen molar-refractivity contribution < 1.29 is 28.5 Å². The molecule has 2 aliphatic rings. The van der Waals surface area contributed by atoms with Gasteiger partial charge in [0.2, 0.25) is 0 Å². The molecule has 1 saturated carbocycles. The van der Waals surface area contributed by atoms with Crippen LogP contribution in [0.4, 0.5) is 0 Å². The molecule has 0 spiro atoms. The number of hydrogen-bond acceptors (Lipinski definition) is 7. The fourth-order valence-corrected chi connectivity index (χ4v) is 3.93. The van der Waals surface area contributed by atoms with Crippen LogP contribution in [0.2, 0.25) is 0 Å². The maximum absolute atomic E-state index is 12.2.